The molecule has 1 N–H and O–H groups in total. The molecule has 0 atom stereocenters. The lowest BCUT2D eigenvalue weighted by Gasteiger charge is -2.33. The number of carbonyl (C=O) groups is 1. The number of benzene rings is 1. The van der Waals surface area contributed by atoms with Gasteiger partial charge in [0.05, 0.1) is 17.3 Å². The van der Waals surface area contributed by atoms with Crippen LogP contribution >= 0.6 is 11.3 Å². The molecule has 0 aliphatic carbocycles. The Morgan fingerprint density at radius 2 is 1.96 bits per heavy atom. The SMILES string of the molecule is O=C(c1csc(-c2cn[nH]c2)c1)N1CCC(c2ccccc2C(F)(F)F)CC1. The molecule has 0 saturated carbocycles. The van der Waals surface area contributed by atoms with Gasteiger partial charge in [0, 0.05) is 35.1 Å². The van der Waals surface area contributed by atoms with Crippen LogP contribution in [-0.4, -0.2) is 34.1 Å². The summed E-state index contributed by atoms with van der Waals surface area (Å²) in [6.45, 7) is 0.902. The number of aromatic amines is 1. The molecule has 3 heterocycles. The third-order valence-electron chi connectivity index (χ3n) is 5.12. The van der Waals surface area contributed by atoms with E-state index in [-0.39, 0.29) is 11.8 Å². The van der Waals surface area contributed by atoms with Gasteiger partial charge in [-0.2, -0.15) is 18.3 Å². The Kier molecular flexibility index (Phi) is 4.97. The summed E-state index contributed by atoms with van der Waals surface area (Å²) in [7, 11) is 0. The first-order valence-corrected chi connectivity index (χ1v) is 9.84. The number of aromatic nitrogens is 2. The van der Waals surface area contributed by atoms with E-state index in [1.165, 1.54) is 17.4 Å². The van der Waals surface area contributed by atoms with Crippen molar-refractivity contribution >= 4 is 17.2 Å². The number of hydrogen-bond donors (Lipinski definition) is 1. The van der Waals surface area contributed by atoms with Crippen LogP contribution in [-0.2, 0) is 6.18 Å². The van der Waals surface area contributed by atoms with Crippen LogP contribution in [0.15, 0.2) is 48.1 Å². The van der Waals surface area contributed by atoms with Crippen LogP contribution in [0.1, 0.15) is 40.2 Å². The predicted molar refractivity (Wildman–Crippen MR) is 101 cm³/mol. The Balaban J connectivity index is 1.44. The molecular formula is C20H18F3N3OS. The maximum atomic E-state index is 13.3. The molecule has 1 saturated heterocycles. The van der Waals surface area contributed by atoms with Crippen LogP contribution in [0, 0.1) is 0 Å². The lowest BCUT2D eigenvalue weighted by atomic mass is 9.86. The molecule has 0 radical (unpaired) electrons. The van der Waals surface area contributed by atoms with Crippen molar-refractivity contribution in [2.45, 2.75) is 24.9 Å². The highest BCUT2D eigenvalue weighted by Crippen LogP contribution is 2.39. The molecule has 28 heavy (non-hydrogen) atoms. The van der Waals surface area contributed by atoms with E-state index in [1.807, 2.05) is 11.4 Å². The number of nitrogens with one attached hydrogen (secondary N) is 1. The second-order valence-electron chi connectivity index (χ2n) is 6.84. The number of likely N-dealkylation sites (tertiary alicyclic amines) is 1. The number of nitrogens with zero attached hydrogens (tertiary/aromatic N) is 2. The van der Waals surface area contributed by atoms with Crippen molar-refractivity contribution in [1.29, 1.82) is 0 Å². The summed E-state index contributed by atoms with van der Waals surface area (Å²) in [5, 5.41) is 8.47. The number of H-pyrrole nitrogens is 1. The predicted octanol–water partition coefficient (Wildman–Crippen LogP) is 5.18. The monoisotopic (exact) mass is 405 g/mol. The number of carbonyl (C=O) groups excluding carboxylic acids is 1. The van der Waals surface area contributed by atoms with Crippen molar-refractivity contribution in [3.05, 3.63) is 64.8 Å². The average Bonchev–Trinajstić information content (AvgIpc) is 3.38. The number of alkyl halides is 3. The lowest BCUT2D eigenvalue weighted by Crippen LogP contribution is -2.38. The van der Waals surface area contributed by atoms with Crippen molar-refractivity contribution < 1.29 is 18.0 Å². The standard InChI is InChI=1S/C20H18F3N3OS/c21-20(22,23)17-4-2-1-3-16(17)13-5-7-26(8-6-13)19(27)14-9-18(28-12-14)15-10-24-25-11-15/h1-4,9-13H,5-8H2,(H,24,25). The molecule has 0 bridgehead atoms. The Morgan fingerprint density at radius 1 is 1.21 bits per heavy atom. The van der Waals surface area contributed by atoms with Gasteiger partial charge < -0.3 is 4.90 Å². The fourth-order valence-electron chi connectivity index (χ4n) is 3.67. The van der Waals surface area contributed by atoms with Crippen molar-refractivity contribution in [2.75, 3.05) is 13.1 Å². The minimum absolute atomic E-state index is 0.0754. The second-order valence-corrected chi connectivity index (χ2v) is 7.75. The maximum absolute atomic E-state index is 13.3. The van der Waals surface area contributed by atoms with E-state index in [4.69, 9.17) is 0 Å². The molecule has 146 valence electrons. The molecule has 1 aromatic carbocycles. The topological polar surface area (TPSA) is 49.0 Å². The number of rotatable bonds is 3. The summed E-state index contributed by atoms with van der Waals surface area (Å²) in [6, 6.07) is 7.59. The first kappa shape index (κ1) is 18.7. The Labute approximate surface area is 164 Å². The van der Waals surface area contributed by atoms with Gasteiger partial charge >= 0.3 is 6.18 Å². The van der Waals surface area contributed by atoms with E-state index < -0.39 is 11.7 Å². The number of halogens is 3. The zero-order valence-corrected chi connectivity index (χ0v) is 15.7. The van der Waals surface area contributed by atoms with Gasteiger partial charge in [0.2, 0.25) is 0 Å². The molecule has 1 aliphatic heterocycles. The molecule has 2 aromatic heterocycles. The third kappa shape index (κ3) is 3.69. The van der Waals surface area contributed by atoms with E-state index in [0.29, 0.717) is 37.1 Å². The first-order valence-electron chi connectivity index (χ1n) is 8.96. The number of piperidine rings is 1. The molecule has 4 rings (SSSR count). The highest BCUT2D eigenvalue weighted by Gasteiger charge is 2.36. The van der Waals surface area contributed by atoms with Gasteiger partial charge in [-0.25, -0.2) is 0 Å². The zero-order valence-electron chi connectivity index (χ0n) is 14.9. The fraction of sp³-hybridized carbons (Fsp3) is 0.300. The largest absolute Gasteiger partial charge is 0.416 e. The van der Waals surface area contributed by atoms with Crippen LogP contribution in [0.5, 0.6) is 0 Å². The molecule has 0 unspecified atom stereocenters. The summed E-state index contributed by atoms with van der Waals surface area (Å²) in [4.78, 5) is 15.5. The summed E-state index contributed by atoms with van der Waals surface area (Å²) in [6.07, 6.45) is 0.159. The number of hydrogen-bond acceptors (Lipinski definition) is 3. The zero-order chi connectivity index (χ0) is 19.7. The second kappa shape index (κ2) is 7.43. The van der Waals surface area contributed by atoms with Crippen LogP contribution in [0.3, 0.4) is 0 Å². The van der Waals surface area contributed by atoms with Gasteiger partial charge in [0.15, 0.2) is 0 Å². The quantitative estimate of drug-likeness (QED) is 0.653. The minimum Gasteiger partial charge on any atom is -0.339 e. The van der Waals surface area contributed by atoms with E-state index in [0.717, 1.165) is 16.5 Å². The molecule has 0 spiro atoms. The van der Waals surface area contributed by atoms with Crippen LogP contribution in [0.4, 0.5) is 13.2 Å². The summed E-state index contributed by atoms with van der Waals surface area (Å²) < 4.78 is 39.8. The molecule has 8 heteroatoms. The average molecular weight is 405 g/mol. The van der Waals surface area contributed by atoms with Gasteiger partial charge in [-0.3, -0.25) is 9.89 Å². The normalized spacial score (nSPS) is 15.8. The first-order chi connectivity index (χ1) is 13.4. The summed E-state index contributed by atoms with van der Waals surface area (Å²) in [5.41, 5.74) is 1.30. The van der Waals surface area contributed by atoms with Crippen LogP contribution in [0.25, 0.3) is 10.4 Å². The van der Waals surface area contributed by atoms with Crippen LogP contribution in [0.2, 0.25) is 0 Å². The highest BCUT2D eigenvalue weighted by molar-refractivity contribution is 7.13. The van der Waals surface area contributed by atoms with Crippen molar-refractivity contribution in [3.63, 3.8) is 0 Å². The summed E-state index contributed by atoms with van der Waals surface area (Å²) in [5.74, 6) is -0.264. The van der Waals surface area contributed by atoms with Crippen molar-refractivity contribution in [1.82, 2.24) is 15.1 Å². The Morgan fingerprint density at radius 3 is 2.64 bits per heavy atom. The molecule has 1 amide bonds. The molecular weight excluding hydrogens is 387 g/mol. The van der Waals surface area contributed by atoms with Crippen molar-refractivity contribution in [3.8, 4) is 10.4 Å². The van der Waals surface area contributed by atoms with Gasteiger partial charge in [0.25, 0.3) is 5.91 Å². The van der Waals surface area contributed by atoms with Gasteiger partial charge in [0.1, 0.15) is 0 Å². The van der Waals surface area contributed by atoms with Crippen molar-refractivity contribution in [2.24, 2.45) is 0 Å². The van der Waals surface area contributed by atoms with Crippen LogP contribution < -0.4 is 0 Å². The maximum Gasteiger partial charge on any atom is 0.416 e. The lowest BCUT2D eigenvalue weighted by molar-refractivity contribution is -0.138. The van der Waals surface area contributed by atoms with E-state index in [9.17, 15) is 18.0 Å². The molecule has 1 fully saturated rings. The van der Waals surface area contributed by atoms with E-state index >= 15 is 0 Å². The third-order valence-corrected chi connectivity index (χ3v) is 6.10. The molecule has 3 aromatic rings. The van der Waals surface area contributed by atoms with Gasteiger partial charge in [-0.1, -0.05) is 18.2 Å². The van der Waals surface area contributed by atoms with Gasteiger partial charge in [-0.05, 0) is 36.5 Å². The summed E-state index contributed by atoms with van der Waals surface area (Å²) >= 11 is 1.47. The van der Waals surface area contributed by atoms with Gasteiger partial charge in [-0.15, -0.1) is 11.3 Å². The number of amides is 1. The molecule has 4 nitrogen and oxygen atoms in total. The van der Waals surface area contributed by atoms with E-state index in [2.05, 4.69) is 10.2 Å². The van der Waals surface area contributed by atoms with E-state index in [1.54, 1.807) is 29.4 Å². The minimum atomic E-state index is -4.36. The number of thiophene rings is 1. The smallest absolute Gasteiger partial charge is 0.339 e. The highest BCUT2D eigenvalue weighted by atomic mass is 32.1. The molecule has 1 aliphatic rings. The fourth-order valence-corrected chi connectivity index (χ4v) is 4.54. The Bertz CT molecular complexity index is 957. The Hall–Kier alpha value is -2.61.